The van der Waals surface area contributed by atoms with Gasteiger partial charge in [0.25, 0.3) is 0 Å². The van der Waals surface area contributed by atoms with E-state index in [1.54, 1.807) is 6.20 Å². The molecule has 1 saturated heterocycles. The van der Waals surface area contributed by atoms with Crippen LogP contribution in [-0.4, -0.2) is 24.0 Å². The van der Waals surface area contributed by atoms with Crippen LogP contribution >= 0.6 is 11.3 Å². The van der Waals surface area contributed by atoms with Crippen molar-refractivity contribution < 1.29 is 14.3 Å². The van der Waals surface area contributed by atoms with Gasteiger partial charge in [-0.05, 0) is 6.92 Å². The van der Waals surface area contributed by atoms with Gasteiger partial charge in [0.2, 0.25) is 5.79 Å². The third-order valence-electron chi connectivity index (χ3n) is 2.53. The Morgan fingerprint density at radius 3 is 2.69 bits per heavy atom. The molecule has 0 bridgehead atoms. The van der Waals surface area contributed by atoms with E-state index in [0.29, 0.717) is 18.2 Å². The first kappa shape index (κ1) is 11.7. The molecule has 0 radical (unpaired) electrons. The largest absolute Gasteiger partial charge is 0.343 e. The first-order chi connectivity index (χ1) is 7.53. The maximum absolute atomic E-state index is 11.7. The molecule has 0 N–H and O–H groups in total. The molecule has 1 aliphatic rings. The van der Waals surface area contributed by atoms with E-state index in [-0.39, 0.29) is 11.7 Å². The average molecular weight is 241 g/mol. The molecular formula is C11H15NO3S. The van der Waals surface area contributed by atoms with Gasteiger partial charge in [-0.15, -0.1) is 11.3 Å². The number of aromatic nitrogens is 1. The van der Waals surface area contributed by atoms with Crippen LogP contribution in [0.1, 0.15) is 35.5 Å². The zero-order chi connectivity index (χ0) is 11.8. The molecule has 1 aromatic rings. The third kappa shape index (κ3) is 2.03. The molecule has 4 nitrogen and oxygen atoms in total. The van der Waals surface area contributed by atoms with Crippen molar-refractivity contribution in [2.45, 2.75) is 26.6 Å². The van der Waals surface area contributed by atoms with Gasteiger partial charge in [-0.25, -0.2) is 4.98 Å². The van der Waals surface area contributed by atoms with E-state index in [9.17, 15) is 4.79 Å². The highest BCUT2D eigenvalue weighted by Gasteiger charge is 2.35. The highest BCUT2D eigenvalue weighted by Crippen LogP contribution is 2.34. The minimum absolute atomic E-state index is 0.0304. The van der Waals surface area contributed by atoms with E-state index >= 15 is 0 Å². The third-order valence-corrected chi connectivity index (χ3v) is 3.72. The summed E-state index contributed by atoms with van der Waals surface area (Å²) in [5.74, 6) is -0.678. The summed E-state index contributed by atoms with van der Waals surface area (Å²) in [7, 11) is 0. The summed E-state index contributed by atoms with van der Waals surface area (Å²) < 4.78 is 11.0. The Morgan fingerprint density at radius 1 is 1.50 bits per heavy atom. The maximum atomic E-state index is 11.7. The van der Waals surface area contributed by atoms with E-state index < -0.39 is 5.79 Å². The molecule has 0 unspecified atom stereocenters. The maximum Gasteiger partial charge on any atom is 0.203 e. The first-order valence-corrected chi connectivity index (χ1v) is 6.13. The Labute approximate surface area is 98.6 Å². The lowest BCUT2D eigenvalue weighted by Crippen LogP contribution is -2.20. The van der Waals surface area contributed by atoms with Gasteiger partial charge in [-0.1, -0.05) is 13.8 Å². The fraction of sp³-hybridized carbons (Fsp3) is 0.636. The Hall–Kier alpha value is -0.780. The number of rotatable bonds is 3. The fourth-order valence-electron chi connectivity index (χ4n) is 1.50. The summed E-state index contributed by atoms with van der Waals surface area (Å²) in [5.41, 5.74) is 0. The van der Waals surface area contributed by atoms with Crippen molar-refractivity contribution in [2.75, 3.05) is 13.2 Å². The predicted octanol–water partition coefficient (Wildman–Crippen LogP) is 2.20. The van der Waals surface area contributed by atoms with Crippen molar-refractivity contribution in [1.82, 2.24) is 4.98 Å². The lowest BCUT2D eigenvalue weighted by molar-refractivity contribution is -0.147. The first-order valence-electron chi connectivity index (χ1n) is 5.31. The Morgan fingerprint density at radius 2 is 2.12 bits per heavy atom. The van der Waals surface area contributed by atoms with Crippen LogP contribution in [-0.2, 0) is 15.3 Å². The zero-order valence-electron chi connectivity index (χ0n) is 9.65. The van der Waals surface area contributed by atoms with Crippen LogP contribution in [0.5, 0.6) is 0 Å². The molecule has 2 heterocycles. The van der Waals surface area contributed by atoms with E-state index in [2.05, 4.69) is 4.98 Å². The van der Waals surface area contributed by atoms with Crippen molar-refractivity contribution in [1.29, 1.82) is 0 Å². The van der Waals surface area contributed by atoms with Crippen LogP contribution in [0, 0.1) is 5.92 Å². The van der Waals surface area contributed by atoms with E-state index in [1.165, 1.54) is 11.3 Å². The van der Waals surface area contributed by atoms with Gasteiger partial charge in [0, 0.05) is 12.1 Å². The molecule has 0 amide bonds. The number of hydrogen-bond donors (Lipinski definition) is 0. The van der Waals surface area contributed by atoms with Crippen LogP contribution < -0.4 is 0 Å². The number of Topliss-reactive ketones (excluding diaryl/α,β-unsaturated/α-hetero) is 1. The topological polar surface area (TPSA) is 48.4 Å². The van der Waals surface area contributed by atoms with Crippen LogP contribution in [0.3, 0.4) is 0 Å². The summed E-state index contributed by atoms with van der Waals surface area (Å²) in [6, 6.07) is 0. The fourth-order valence-corrected chi connectivity index (χ4v) is 2.56. The van der Waals surface area contributed by atoms with Gasteiger partial charge in [-0.3, -0.25) is 4.79 Å². The van der Waals surface area contributed by atoms with E-state index in [0.717, 1.165) is 4.88 Å². The summed E-state index contributed by atoms with van der Waals surface area (Å²) in [5, 5.41) is 0.533. The highest BCUT2D eigenvalue weighted by molar-refractivity contribution is 7.13. The molecule has 88 valence electrons. The molecule has 16 heavy (non-hydrogen) atoms. The average Bonchev–Trinajstić information content (AvgIpc) is 2.85. The molecule has 0 atom stereocenters. The van der Waals surface area contributed by atoms with E-state index in [1.807, 2.05) is 20.8 Å². The van der Waals surface area contributed by atoms with Gasteiger partial charge in [0.1, 0.15) is 0 Å². The quantitative estimate of drug-likeness (QED) is 0.761. The normalized spacial score (nSPS) is 19.2. The lowest BCUT2D eigenvalue weighted by Gasteiger charge is -2.19. The number of nitrogens with zero attached hydrogens (tertiary/aromatic N) is 1. The minimum atomic E-state index is -0.715. The summed E-state index contributed by atoms with van der Waals surface area (Å²) >= 11 is 1.35. The zero-order valence-corrected chi connectivity index (χ0v) is 10.5. The standard InChI is InChI=1S/C11H15NO3S/c1-7(2)9(13)10-12-6-8(16-10)11(3)14-4-5-15-11/h6-7H,4-5H2,1-3H3. The van der Waals surface area contributed by atoms with Crippen LogP contribution in [0.2, 0.25) is 0 Å². The number of carbonyl (C=O) groups is 1. The number of ether oxygens (including phenoxy) is 2. The molecule has 1 aromatic heterocycles. The van der Waals surface area contributed by atoms with Crippen molar-refractivity contribution >= 4 is 17.1 Å². The minimum Gasteiger partial charge on any atom is -0.343 e. The predicted molar refractivity (Wildman–Crippen MR) is 60.5 cm³/mol. The van der Waals surface area contributed by atoms with Crippen molar-refractivity contribution in [2.24, 2.45) is 5.92 Å². The second-order valence-corrected chi connectivity index (χ2v) is 5.22. The number of hydrogen-bond acceptors (Lipinski definition) is 5. The Balaban J connectivity index is 2.22. The van der Waals surface area contributed by atoms with Gasteiger partial charge in [-0.2, -0.15) is 0 Å². The second kappa shape index (κ2) is 4.24. The van der Waals surface area contributed by atoms with Crippen molar-refractivity contribution in [3.8, 4) is 0 Å². The van der Waals surface area contributed by atoms with Crippen LogP contribution in [0.15, 0.2) is 6.20 Å². The van der Waals surface area contributed by atoms with E-state index in [4.69, 9.17) is 9.47 Å². The summed E-state index contributed by atoms with van der Waals surface area (Å²) in [4.78, 5) is 16.7. The Bertz CT molecular complexity index is 394. The molecule has 5 heteroatoms. The summed E-state index contributed by atoms with van der Waals surface area (Å²) in [6.45, 7) is 6.77. The van der Waals surface area contributed by atoms with Gasteiger partial charge in [0.05, 0.1) is 18.1 Å². The van der Waals surface area contributed by atoms with Gasteiger partial charge in [0.15, 0.2) is 10.8 Å². The molecule has 0 saturated carbocycles. The second-order valence-electron chi connectivity index (χ2n) is 4.19. The van der Waals surface area contributed by atoms with Crippen molar-refractivity contribution in [3.05, 3.63) is 16.1 Å². The van der Waals surface area contributed by atoms with Gasteiger partial charge >= 0.3 is 0 Å². The molecule has 0 aromatic carbocycles. The molecule has 0 spiro atoms. The van der Waals surface area contributed by atoms with Crippen LogP contribution in [0.4, 0.5) is 0 Å². The van der Waals surface area contributed by atoms with Crippen LogP contribution in [0.25, 0.3) is 0 Å². The van der Waals surface area contributed by atoms with Gasteiger partial charge < -0.3 is 9.47 Å². The summed E-state index contributed by atoms with van der Waals surface area (Å²) in [6.07, 6.45) is 1.67. The highest BCUT2D eigenvalue weighted by atomic mass is 32.1. The molecule has 1 fully saturated rings. The molecule has 2 rings (SSSR count). The molecule has 0 aliphatic carbocycles. The SMILES string of the molecule is CC(C)C(=O)c1ncc(C2(C)OCCO2)s1. The smallest absolute Gasteiger partial charge is 0.203 e. The number of carbonyl (C=O) groups excluding carboxylic acids is 1. The Kier molecular flexibility index (Phi) is 3.10. The molecular weight excluding hydrogens is 226 g/mol. The van der Waals surface area contributed by atoms with Crippen molar-refractivity contribution in [3.63, 3.8) is 0 Å². The number of thiazole rings is 1. The molecule has 1 aliphatic heterocycles. The lowest BCUT2D eigenvalue weighted by atomic mass is 10.1. The monoisotopic (exact) mass is 241 g/mol. The number of ketones is 1.